The Balaban J connectivity index is 2.05. The van der Waals surface area contributed by atoms with Crippen molar-refractivity contribution in [1.82, 2.24) is 0 Å². The highest BCUT2D eigenvalue weighted by atomic mass is 16.5. The second-order valence-corrected chi connectivity index (χ2v) is 5.62. The van der Waals surface area contributed by atoms with E-state index in [0.29, 0.717) is 0 Å². The van der Waals surface area contributed by atoms with Crippen LogP contribution in [0.3, 0.4) is 0 Å². The topological polar surface area (TPSA) is 40.0 Å². The first-order valence-electron chi connectivity index (χ1n) is 8.25. The third kappa shape index (κ3) is 4.03. The predicted octanol–water partition coefficient (Wildman–Crippen LogP) is 4.88. The number of hydrogen-bond donors (Lipinski definition) is 0. The fraction of sp³-hybridized carbons (Fsp3) is 0.136. The van der Waals surface area contributed by atoms with Crippen LogP contribution in [0.2, 0.25) is 0 Å². The van der Waals surface area contributed by atoms with Gasteiger partial charge in [0.1, 0.15) is 17.2 Å². The minimum Gasteiger partial charge on any atom is -0.497 e. The molecule has 0 fully saturated rings. The van der Waals surface area contributed by atoms with Crippen molar-refractivity contribution in [3.05, 3.63) is 83.9 Å². The average Bonchev–Trinajstić information content (AvgIpc) is 2.73. The Morgan fingerprint density at radius 2 is 0.885 bits per heavy atom. The molecule has 0 radical (unpaired) electrons. The highest BCUT2D eigenvalue weighted by Crippen LogP contribution is 2.23. The van der Waals surface area contributed by atoms with Gasteiger partial charge in [0.05, 0.1) is 32.7 Å². The summed E-state index contributed by atoms with van der Waals surface area (Å²) in [5.74, 6) is 2.43. The van der Waals surface area contributed by atoms with Crippen molar-refractivity contribution in [3.8, 4) is 17.2 Å². The lowest BCUT2D eigenvalue weighted by Crippen LogP contribution is -2.03. The molecule has 0 bridgehead atoms. The van der Waals surface area contributed by atoms with Gasteiger partial charge >= 0.3 is 0 Å². The fourth-order valence-corrected chi connectivity index (χ4v) is 2.58. The molecule has 0 spiro atoms. The van der Waals surface area contributed by atoms with Crippen LogP contribution in [0.5, 0.6) is 17.2 Å². The zero-order valence-electron chi connectivity index (χ0n) is 15.1. The lowest BCUT2D eigenvalue weighted by atomic mass is 10.0. The maximum Gasteiger partial charge on any atom is 0.119 e. The number of benzene rings is 3. The van der Waals surface area contributed by atoms with Crippen molar-refractivity contribution in [2.24, 2.45) is 4.99 Å². The molecule has 0 aliphatic heterocycles. The van der Waals surface area contributed by atoms with Crippen molar-refractivity contribution >= 4 is 11.4 Å². The lowest BCUT2D eigenvalue weighted by Gasteiger charge is -2.10. The molecular weight excluding hydrogens is 326 g/mol. The Morgan fingerprint density at radius 1 is 0.538 bits per heavy atom. The van der Waals surface area contributed by atoms with Gasteiger partial charge < -0.3 is 14.2 Å². The molecule has 0 aliphatic rings. The van der Waals surface area contributed by atoms with Crippen molar-refractivity contribution in [3.63, 3.8) is 0 Å². The van der Waals surface area contributed by atoms with Crippen LogP contribution in [0, 0.1) is 0 Å². The molecule has 0 heterocycles. The van der Waals surface area contributed by atoms with E-state index in [1.165, 1.54) is 0 Å². The summed E-state index contributed by atoms with van der Waals surface area (Å²) in [7, 11) is 4.97. The number of hydrogen-bond acceptors (Lipinski definition) is 4. The van der Waals surface area contributed by atoms with Crippen molar-refractivity contribution < 1.29 is 14.2 Å². The van der Waals surface area contributed by atoms with E-state index in [4.69, 9.17) is 19.2 Å². The van der Waals surface area contributed by atoms with Gasteiger partial charge in [0, 0.05) is 11.1 Å². The maximum absolute atomic E-state index is 5.26. The molecular formula is C22H21NO3. The molecule has 0 saturated carbocycles. The molecule has 26 heavy (non-hydrogen) atoms. The second kappa shape index (κ2) is 8.21. The van der Waals surface area contributed by atoms with E-state index < -0.39 is 0 Å². The van der Waals surface area contributed by atoms with E-state index in [-0.39, 0.29) is 0 Å². The van der Waals surface area contributed by atoms with Gasteiger partial charge in [-0.05, 0) is 72.8 Å². The molecule has 4 nitrogen and oxygen atoms in total. The quantitative estimate of drug-likeness (QED) is 0.597. The van der Waals surface area contributed by atoms with Crippen LogP contribution in [-0.2, 0) is 0 Å². The van der Waals surface area contributed by atoms with Gasteiger partial charge in [-0.25, -0.2) is 4.99 Å². The summed E-state index contributed by atoms with van der Waals surface area (Å²) < 4.78 is 15.7. The normalized spacial score (nSPS) is 10.1. The van der Waals surface area contributed by atoms with E-state index in [1.54, 1.807) is 21.3 Å². The summed E-state index contributed by atoms with van der Waals surface area (Å²) in [6.45, 7) is 0. The Morgan fingerprint density at radius 3 is 1.23 bits per heavy atom. The summed E-state index contributed by atoms with van der Waals surface area (Å²) in [5, 5.41) is 0. The molecule has 3 aromatic rings. The first-order valence-corrected chi connectivity index (χ1v) is 8.25. The van der Waals surface area contributed by atoms with Gasteiger partial charge in [0.25, 0.3) is 0 Å². The second-order valence-electron chi connectivity index (χ2n) is 5.62. The molecule has 4 heteroatoms. The molecule has 3 rings (SSSR count). The third-order valence-corrected chi connectivity index (χ3v) is 4.04. The number of aliphatic imine (C=N–C) groups is 1. The summed E-state index contributed by atoms with van der Waals surface area (Å²) in [4.78, 5) is 4.86. The Labute approximate surface area is 153 Å². The van der Waals surface area contributed by atoms with Gasteiger partial charge in [0.15, 0.2) is 0 Å². The molecule has 0 N–H and O–H groups in total. The van der Waals surface area contributed by atoms with Crippen LogP contribution in [0.1, 0.15) is 11.1 Å². The van der Waals surface area contributed by atoms with Gasteiger partial charge in [0.2, 0.25) is 0 Å². The van der Waals surface area contributed by atoms with Crippen LogP contribution >= 0.6 is 0 Å². The fourth-order valence-electron chi connectivity index (χ4n) is 2.58. The van der Waals surface area contributed by atoms with Crippen LogP contribution in [0.15, 0.2) is 77.8 Å². The summed E-state index contributed by atoms with van der Waals surface area (Å²) in [6, 6.07) is 23.4. The van der Waals surface area contributed by atoms with E-state index in [1.807, 2.05) is 72.8 Å². The molecule has 0 atom stereocenters. The summed E-state index contributed by atoms with van der Waals surface area (Å²) in [5.41, 5.74) is 3.74. The maximum atomic E-state index is 5.26. The number of ether oxygens (including phenoxy) is 3. The first kappa shape index (κ1) is 17.5. The monoisotopic (exact) mass is 347 g/mol. The molecule has 0 saturated heterocycles. The van der Waals surface area contributed by atoms with Gasteiger partial charge in [-0.2, -0.15) is 0 Å². The Bertz CT molecular complexity index is 817. The van der Waals surface area contributed by atoms with Crippen molar-refractivity contribution in [1.29, 1.82) is 0 Å². The Kier molecular flexibility index (Phi) is 5.54. The minimum absolute atomic E-state index is 0.805. The highest BCUT2D eigenvalue weighted by Gasteiger charge is 2.09. The number of rotatable bonds is 6. The summed E-state index contributed by atoms with van der Waals surface area (Å²) in [6.07, 6.45) is 0. The van der Waals surface area contributed by atoms with Crippen molar-refractivity contribution in [2.75, 3.05) is 21.3 Å². The van der Waals surface area contributed by atoms with E-state index in [0.717, 1.165) is 39.8 Å². The lowest BCUT2D eigenvalue weighted by molar-refractivity contribution is 0.414. The highest BCUT2D eigenvalue weighted by molar-refractivity contribution is 6.14. The van der Waals surface area contributed by atoms with Crippen LogP contribution in [0.4, 0.5) is 5.69 Å². The van der Waals surface area contributed by atoms with Crippen LogP contribution in [-0.4, -0.2) is 27.0 Å². The zero-order valence-corrected chi connectivity index (χ0v) is 15.1. The zero-order chi connectivity index (χ0) is 18.4. The van der Waals surface area contributed by atoms with Gasteiger partial charge in [-0.15, -0.1) is 0 Å². The number of nitrogens with zero attached hydrogens (tertiary/aromatic N) is 1. The molecule has 132 valence electrons. The molecule has 0 amide bonds. The molecule has 0 aliphatic carbocycles. The molecule has 0 unspecified atom stereocenters. The first-order chi connectivity index (χ1) is 12.7. The smallest absolute Gasteiger partial charge is 0.119 e. The molecule has 0 aromatic heterocycles. The van der Waals surface area contributed by atoms with Gasteiger partial charge in [-0.3, -0.25) is 0 Å². The standard InChI is InChI=1S/C22H21NO3/c1-24-19-10-4-16(5-11-19)22(17-6-12-20(25-2)13-7-17)23-18-8-14-21(26-3)15-9-18/h4-15H,1-3H3. The SMILES string of the molecule is COc1ccc(N=C(c2ccc(OC)cc2)c2ccc(OC)cc2)cc1. The van der Waals surface area contributed by atoms with Crippen LogP contribution in [0.25, 0.3) is 0 Å². The van der Waals surface area contributed by atoms with E-state index in [2.05, 4.69) is 0 Å². The predicted molar refractivity (Wildman–Crippen MR) is 104 cm³/mol. The van der Waals surface area contributed by atoms with Gasteiger partial charge in [-0.1, -0.05) is 0 Å². The average molecular weight is 347 g/mol. The third-order valence-electron chi connectivity index (χ3n) is 4.04. The molecule has 3 aromatic carbocycles. The number of methoxy groups -OCH3 is 3. The Hall–Kier alpha value is -3.27. The van der Waals surface area contributed by atoms with E-state index in [9.17, 15) is 0 Å². The van der Waals surface area contributed by atoms with Crippen molar-refractivity contribution in [2.45, 2.75) is 0 Å². The van der Waals surface area contributed by atoms with E-state index >= 15 is 0 Å². The largest absolute Gasteiger partial charge is 0.497 e. The van der Waals surface area contributed by atoms with Crippen LogP contribution < -0.4 is 14.2 Å². The minimum atomic E-state index is 0.805. The summed E-state index contributed by atoms with van der Waals surface area (Å²) >= 11 is 0.